The molecule has 9 heteroatoms. The SMILES string of the molecule is CS/C(=C/c1ccc(-c2ccc(C(=O)OCCCN3CCOCC3)cc2)o1)C(=O)N(C=S)Cc1ccccc1. The summed E-state index contributed by atoms with van der Waals surface area (Å²) in [6.07, 6.45) is 4.36. The van der Waals surface area contributed by atoms with Gasteiger partial charge in [-0.1, -0.05) is 54.7 Å². The number of carbonyl (C=O) groups is 2. The Kier molecular flexibility index (Phi) is 10.9. The molecule has 1 aliphatic rings. The molecule has 0 saturated carbocycles. The average molecular weight is 565 g/mol. The van der Waals surface area contributed by atoms with Gasteiger partial charge >= 0.3 is 5.97 Å². The summed E-state index contributed by atoms with van der Waals surface area (Å²) in [4.78, 5) is 29.9. The smallest absolute Gasteiger partial charge is 0.338 e. The van der Waals surface area contributed by atoms with Crippen LogP contribution in [0.5, 0.6) is 0 Å². The number of nitrogens with zero attached hydrogens (tertiary/aromatic N) is 2. The molecule has 0 aliphatic carbocycles. The fourth-order valence-electron chi connectivity index (χ4n) is 4.13. The molecule has 1 fully saturated rings. The molecule has 1 aliphatic heterocycles. The fraction of sp³-hybridized carbons (Fsp3) is 0.300. The predicted octanol–water partition coefficient (Wildman–Crippen LogP) is 5.52. The minimum Gasteiger partial charge on any atom is -0.462 e. The molecule has 0 bridgehead atoms. The minimum atomic E-state index is -0.340. The lowest BCUT2D eigenvalue weighted by Gasteiger charge is -2.26. The first-order chi connectivity index (χ1) is 19.1. The molecule has 7 nitrogen and oxygen atoms in total. The Morgan fingerprint density at radius 3 is 2.49 bits per heavy atom. The van der Waals surface area contributed by atoms with E-state index in [2.05, 4.69) is 4.90 Å². The Morgan fingerprint density at radius 2 is 1.79 bits per heavy atom. The first-order valence-electron chi connectivity index (χ1n) is 12.8. The van der Waals surface area contributed by atoms with E-state index in [0.717, 1.165) is 50.4 Å². The number of esters is 1. The molecule has 39 heavy (non-hydrogen) atoms. The van der Waals surface area contributed by atoms with E-state index >= 15 is 0 Å². The van der Waals surface area contributed by atoms with Crippen molar-refractivity contribution in [3.05, 3.63) is 88.5 Å². The predicted molar refractivity (Wildman–Crippen MR) is 158 cm³/mol. The Morgan fingerprint density at radius 1 is 1.05 bits per heavy atom. The van der Waals surface area contributed by atoms with Crippen LogP contribution in [0.25, 0.3) is 17.4 Å². The average Bonchev–Trinajstić information content (AvgIpc) is 3.46. The van der Waals surface area contributed by atoms with Crippen LogP contribution in [-0.4, -0.2) is 72.9 Å². The molecule has 204 valence electrons. The molecule has 1 aromatic heterocycles. The van der Waals surface area contributed by atoms with Crippen molar-refractivity contribution >= 4 is 47.4 Å². The molecule has 0 spiro atoms. The van der Waals surface area contributed by atoms with Gasteiger partial charge < -0.3 is 18.8 Å². The molecule has 0 atom stereocenters. The minimum absolute atomic E-state index is 0.188. The highest BCUT2D eigenvalue weighted by Crippen LogP contribution is 2.26. The third-order valence-corrected chi connectivity index (χ3v) is 7.26. The molecule has 2 heterocycles. The third kappa shape index (κ3) is 8.37. The molecule has 0 N–H and O–H groups in total. The molecular formula is C30H32N2O5S2. The number of ether oxygens (including phenoxy) is 2. The van der Waals surface area contributed by atoms with E-state index in [1.807, 2.05) is 60.9 Å². The maximum Gasteiger partial charge on any atom is 0.338 e. The van der Waals surface area contributed by atoms with Crippen LogP contribution < -0.4 is 0 Å². The van der Waals surface area contributed by atoms with Crippen LogP contribution in [0.3, 0.4) is 0 Å². The number of thiocarbonyl (C=S) groups is 1. The van der Waals surface area contributed by atoms with Crippen molar-refractivity contribution in [1.29, 1.82) is 0 Å². The van der Waals surface area contributed by atoms with Crippen LogP contribution >= 0.6 is 24.0 Å². The van der Waals surface area contributed by atoms with Crippen molar-refractivity contribution in [3.8, 4) is 11.3 Å². The second kappa shape index (κ2) is 14.8. The van der Waals surface area contributed by atoms with Gasteiger partial charge in [-0.15, -0.1) is 11.8 Å². The van der Waals surface area contributed by atoms with E-state index in [1.54, 1.807) is 18.2 Å². The normalized spacial score (nSPS) is 14.1. The van der Waals surface area contributed by atoms with Crippen LogP contribution in [0.4, 0.5) is 0 Å². The van der Waals surface area contributed by atoms with E-state index in [1.165, 1.54) is 22.2 Å². The van der Waals surface area contributed by atoms with Crippen LogP contribution in [-0.2, 0) is 20.8 Å². The first-order valence-corrected chi connectivity index (χ1v) is 14.5. The zero-order valence-electron chi connectivity index (χ0n) is 21.9. The van der Waals surface area contributed by atoms with Crippen molar-refractivity contribution in [2.24, 2.45) is 0 Å². The van der Waals surface area contributed by atoms with Crippen molar-refractivity contribution in [1.82, 2.24) is 9.80 Å². The summed E-state index contributed by atoms with van der Waals surface area (Å²) in [6, 6.07) is 20.5. The molecule has 1 saturated heterocycles. The van der Waals surface area contributed by atoms with E-state index in [4.69, 9.17) is 26.1 Å². The largest absolute Gasteiger partial charge is 0.462 e. The van der Waals surface area contributed by atoms with Crippen molar-refractivity contribution in [2.75, 3.05) is 45.7 Å². The highest BCUT2D eigenvalue weighted by Gasteiger charge is 2.18. The zero-order valence-corrected chi connectivity index (χ0v) is 23.5. The zero-order chi connectivity index (χ0) is 27.5. The number of hydrogen-bond donors (Lipinski definition) is 0. The van der Waals surface area contributed by atoms with Crippen molar-refractivity contribution in [3.63, 3.8) is 0 Å². The van der Waals surface area contributed by atoms with Gasteiger partial charge in [0.2, 0.25) is 0 Å². The Labute approximate surface area is 238 Å². The topological polar surface area (TPSA) is 72.2 Å². The van der Waals surface area contributed by atoms with E-state index < -0.39 is 0 Å². The Hall–Kier alpha value is -3.24. The van der Waals surface area contributed by atoms with E-state index in [0.29, 0.717) is 35.1 Å². The second-order valence-electron chi connectivity index (χ2n) is 8.96. The number of benzene rings is 2. The molecule has 0 unspecified atom stereocenters. The fourth-order valence-corrected chi connectivity index (χ4v) is 4.83. The third-order valence-electron chi connectivity index (χ3n) is 6.28. The van der Waals surface area contributed by atoms with E-state index in [-0.39, 0.29) is 11.9 Å². The van der Waals surface area contributed by atoms with Crippen LogP contribution in [0.15, 0.2) is 76.1 Å². The van der Waals surface area contributed by atoms with Crippen LogP contribution in [0.2, 0.25) is 0 Å². The Balaban J connectivity index is 1.33. The summed E-state index contributed by atoms with van der Waals surface area (Å²) in [6.45, 7) is 5.05. The van der Waals surface area contributed by atoms with Gasteiger partial charge in [-0.3, -0.25) is 9.69 Å². The maximum absolute atomic E-state index is 13.1. The second-order valence-corrected chi connectivity index (χ2v) is 10.0. The summed E-state index contributed by atoms with van der Waals surface area (Å²) >= 11 is 6.45. The summed E-state index contributed by atoms with van der Waals surface area (Å²) in [7, 11) is 0. The summed E-state index contributed by atoms with van der Waals surface area (Å²) in [5.74, 6) is 0.659. The van der Waals surface area contributed by atoms with Crippen molar-refractivity contribution in [2.45, 2.75) is 13.0 Å². The molecule has 4 rings (SSSR count). The highest BCUT2D eigenvalue weighted by atomic mass is 32.2. The molecule has 0 radical (unpaired) electrons. The monoisotopic (exact) mass is 564 g/mol. The van der Waals surface area contributed by atoms with Gasteiger partial charge in [0.25, 0.3) is 5.91 Å². The lowest BCUT2D eigenvalue weighted by Crippen LogP contribution is -2.37. The lowest BCUT2D eigenvalue weighted by molar-refractivity contribution is -0.122. The number of thioether (sulfide) groups is 1. The van der Waals surface area contributed by atoms with Gasteiger partial charge in [-0.2, -0.15) is 0 Å². The van der Waals surface area contributed by atoms with Gasteiger partial charge in [0.15, 0.2) is 0 Å². The van der Waals surface area contributed by atoms with Gasteiger partial charge in [-0.25, -0.2) is 4.79 Å². The van der Waals surface area contributed by atoms with Crippen LogP contribution in [0, 0.1) is 0 Å². The Bertz CT molecular complexity index is 1270. The summed E-state index contributed by atoms with van der Waals surface area (Å²) in [5, 5.41) is 0. The number of rotatable bonds is 12. The highest BCUT2D eigenvalue weighted by molar-refractivity contribution is 8.03. The molecule has 1 amide bonds. The number of morpholine rings is 1. The number of furan rings is 1. The number of carbonyl (C=O) groups excluding carboxylic acids is 2. The van der Waals surface area contributed by atoms with Crippen molar-refractivity contribution < 1.29 is 23.5 Å². The van der Waals surface area contributed by atoms with Crippen LogP contribution in [0.1, 0.15) is 28.1 Å². The number of amides is 1. The molecule has 3 aromatic rings. The summed E-state index contributed by atoms with van der Waals surface area (Å²) in [5.41, 5.74) is 3.68. The molecule has 2 aromatic carbocycles. The lowest BCUT2D eigenvalue weighted by atomic mass is 10.1. The van der Waals surface area contributed by atoms with E-state index in [9.17, 15) is 9.59 Å². The van der Waals surface area contributed by atoms with Gasteiger partial charge in [0, 0.05) is 25.2 Å². The maximum atomic E-state index is 13.1. The summed E-state index contributed by atoms with van der Waals surface area (Å²) < 4.78 is 16.8. The van der Waals surface area contributed by atoms with Gasteiger partial charge in [-0.05, 0) is 48.6 Å². The van der Waals surface area contributed by atoms with Gasteiger partial charge in [0.05, 0.1) is 42.3 Å². The molecular weight excluding hydrogens is 532 g/mol. The standard InChI is InChI=1S/C30H32N2O5S2/c1-39-28(29(33)32(22-38)21-23-6-3-2-4-7-23)20-26-12-13-27(37-26)24-8-10-25(11-9-24)30(34)36-17-5-14-31-15-18-35-19-16-31/h2-4,6-13,20,22H,5,14-19,21H2,1H3/b28-20+. The quantitative estimate of drug-likeness (QED) is 0.123. The number of hydrogen-bond acceptors (Lipinski definition) is 8. The first kappa shape index (κ1) is 28.8. The van der Waals surface area contributed by atoms with Gasteiger partial charge in [0.1, 0.15) is 11.5 Å².